The molecule has 1 saturated heterocycles. The molecule has 26 heavy (non-hydrogen) atoms. The monoisotopic (exact) mass is 372 g/mol. The molecule has 7 heteroatoms. The molecule has 1 aliphatic rings. The molecule has 146 valence electrons. The van der Waals surface area contributed by atoms with Gasteiger partial charge in [0.15, 0.2) is 0 Å². The smallest absolute Gasteiger partial charge is 0.408 e. The van der Waals surface area contributed by atoms with Gasteiger partial charge in [-0.25, -0.2) is 4.79 Å². The molecule has 1 fully saturated rings. The maximum atomic E-state index is 13.4. The largest absolute Gasteiger partial charge is 0.444 e. The molecule has 4 nitrogen and oxygen atoms in total. The minimum absolute atomic E-state index is 0.164. The summed E-state index contributed by atoms with van der Waals surface area (Å²) in [6.07, 6.45) is -4.93. The van der Waals surface area contributed by atoms with Crippen LogP contribution in [0.1, 0.15) is 52.0 Å². The van der Waals surface area contributed by atoms with Gasteiger partial charge in [0, 0.05) is 5.92 Å². The van der Waals surface area contributed by atoms with E-state index in [1.165, 1.54) is 0 Å². The summed E-state index contributed by atoms with van der Waals surface area (Å²) < 4.78 is 45.4. The summed E-state index contributed by atoms with van der Waals surface area (Å²) in [4.78, 5) is 12.4. The third-order valence-electron chi connectivity index (χ3n) is 4.80. The first-order valence-electron chi connectivity index (χ1n) is 8.79. The van der Waals surface area contributed by atoms with E-state index >= 15 is 0 Å². The van der Waals surface area contributed by atoms with Crippen LogP contribution in [0.4, 0.5) is 18.0 Å². The Morgan fingerprint density at radius 1 is 1.27 bits per heavy atom. The summed E-state index contributed by atoms with van der Waals surface area (Å²) in [5, 5.41) is 5.31. The van der Waals surface area contributed by atoms with Crippen LogP contribution in [-0.2, 0) is 4.74 Å². The van der Waals surface area contributed by atoms with Crippen LogP contribution in [0.2, 0.25) is 0 Å². The Kier molecular flexibility index (Phi) is 5.90. The molecular weight excluding hydrogens is 345 g/mol. The summed E-state index contributed by atoms with van der Waals surface area (Å²) in [7, 11) is 0. The molecule has 0 unspecified atom stereocenters. The van der Waals surface area contributed by atoms with Crippen molar-refractivity contribution < 1.29 is 22.7 Å². The van der Waals surface area contributed by atoms with Crippen LogP contribution in [0.3, 0.4) is 0 Å². The molecule has 0 bridgehead atoms. The van der Waals surface area contributed by atoms with E-state index in [0.29, 0.717) is 6.42 Å². The predicted octanol–water partition coefficient (Wildman–Crippen LogP) is 4.37. The topological polar surface area (TPSA) is 50.4 Å². The van der Waals surface area contributed by atoms with Crippen LogP contribution in [0.5, 0.6) is 0 Å². The molecular formula is C19H27F3N2O2. The van der Waals surface area contributed by atoms with E-state index in [1.54, 1.807) is 20.8 Å². The number of ether oxygens (including phenoxy) is 1. The van der Waals surface area contributed by atoms with Crippen molar-refractivity contribution in [3.8, 4) is 0 Å². The van der Waals surface area contributed by atoms with Crippen LogP contribution >= 0.6 is 0 Å². The van der Waals surface area contributed by atoms with E-state index in [-0.39, 0.29) is 18.9 Å². The third-order valence-corrected chi connectivity index (χ3v) is 4.80. The summed E-state index contributed by atoms with van der Waals surface area (Å²) in [5.41, 5.74) is -0.890. The van der Waals surface area contributed by atoms with Gasteiger partial charge in [0.1, 0.15) is 11.6 Å². The van der Waals surface area contributed by atoms with Crippen molar-refractivity contribution in [2.75, 3.05) is 6.54 Å². The maximum Gasteiger partial charge on any atom is 0.408 e. The van der Waals surface area contributed by atoms with Crippen molar-refractivity contribution in [1.29, 1.82) is 0 Å². The second-order valence-electron chi connectivity index (χ2n) is 7.92. The van der Waals surface area contributed by atoms with Crippen LogP contribution in [0.15, 0.2) is 30.3 Å². The molecule has 1 aromatic carbocycles. The van der Waals surface area contributed by atoms with Gasteiger partial charge in [0.25, 0.3) is 0 Å². The Balaban J connectivity index is 2.33. The summed E-state index contributed by atoms with van der Waals surface area (Å²) in [6, 6.07) is 7.61. The second kappa shape index (κ2) is 7.47. The Labute approximate surface area is 152 Å². The highest BCUT2D eigenvalue weighted by molar-refractivity contribution is 5.69. The Bertz CT molecular complexity index is 613. The van der Waals surface area contributed by atoms with E-state index in [0.717, 1.165) is 5.56 Å². The minimum atomic E-state index is -4.38. The lowest BCUT2D eigenvalue weighted by Crippen LogP contribution is -2.63. The summed E-state index contributed by atoms with van der Waals surface area (Å²) >= 11 is 0. The predicted molar refractivity (Wildman–Crippen MR) is 94.0 cm³/mol. The highest BCUT2D eigenvalue weighted by Gasteiger charge is 2.51. The number of halogens is 3. The van der Waals surface area contributed by atoms with Gasteiger partial charge >= 0.3 is 12.3 Å². The number of piperidine rings is 1. The zero-order chi connectivity index (χ0) is 19.6. The number of nitrogens with one attached hydrogen (secondary N) is 2. The number of hydrogen-bond acceptors (Lipinski definition) is 3. The SMILES string of the molecule is C[C@H](c1ccccc1)[C@@]1(NC(=O)OC(C)(C)C)CCN[C@H](C(F)(F)F)C1. The number of alkyl halides is 3. The van der Waals surface area contributed by atoms with Gasteiger partial charge < -0.3 is 15.4 Å². The lowest BCUT2D eigenvalue weighted by molar-refractivity contribution is -0.166. The van der Waals surface area contributed by atoms with E-state index in [9.17, 15) is 18.0 Å². The Hall–Kier alpha value is -1.76. The van der Waals surface area contributed by atoms with Crippen LogP contribution in [-0.4, -0.2) is 36.0 Å². The van der Waals surface area contributed by atoms with Gasteiger partial charge in [-0.1, -0.05) is 37.3 Å². The first-order valence-corrected chi connectivity index (χ1v) is 8.79. The Morgan fingerprint density at radius 3 is 2.42 bits per heavy atom. The zero-order valence-corrected chi connectivity index (χ0v) is 15.6. The quantitative estimate of drug-likeness (QED) is 0.828. The number of carbonyl (C=O) groups excluding carboxylic acids is 1. The van der Waals surface area contributed by atoms with Crippen molar-refractivity contribution >= 4 is 6.09 Å². The van der Waals surface area contributed by atoms with Gasteiger partial charge in [0.2, 0.25) is 0 Å². The molecule has 1 aromatic rings. The van der Waals surface area contributed by atoms with E-state index < -0.39 is 29.5 Å². The number of carbonyl (C=O) groups is 1. The van der Waals surface area contributed by atoms with E-state index in [1.807, 2.05) is 37.3 Å². The number of benzene rings is 1. The normalized spacial score (nSPS) is 25.4. The lowest BCUT2D eigenvalue weighted by atomic mass is 9.72. The van der Waals surface area contributed by atoms with Crippen molar-refractivity contribution in [3.05, 3.63) is 35.9 Å². The summed E-state index contributed by atoms with van der Waals surface area (Å²) in [6.45, 7) is 7.19. The molecule has 0 aliphatic carbocycles. The summed E-state index contributed by atoms with van der Waals surface area (Å²) in [5.74, 6) is -0.303. The van der Waals surface area contributed by atoms with E-state index in [2.05, 4.69) is 10.6 Å². The van der Waals surface area contributed by atoms with Crippen molar-refractivity contribution in [2.45, 2.75) is 69.8 Å². The fourth-order valence-electron chi connectivity index (χ4n) is 3.42. The highest BCUT2D eigenvalue weighted by Crippen LogP contribution is 2.40. The molecule has 0 saturated carbocycles. The van der Waals surface area contributed by atoms with Gasteiger partial charge in [-0.3, -0.25) is 0 Å². The Morgan fingerprint density at radius 2 is 1.88 bits per heavy atom. The van der Waals surface area contributed by atoms with E-state index in [4.69, 9.17) is 4.74 Å². The molecule has 1 amide bonds. The highest BCUT2D eigenvalue weighted by atomic mass is 19.4. The molecule has 0 spiro atoms. The van der Waals surface area contributed by atoms with Gasteiger partial charge in [-0.15, -0.1) is 0 Å². The van der Waals surface area contributed by atoms with Crippen LogP contribution in [0.25, 0.3) is 0 Å². The fraction of sp³-hybridized carbons (Fsp3) is 0.632. The standard InChI is InChI=1S/C19H27F3N2O2/c1-13(14-8-6-5-7-9-14)18(24-16(25)26-17(2,3)4)10-11-23-15(12-18)19(20,21)22/h5-9,13,15,23H,10-12H2,1-4H3,(H,24,25)/t13-,15+,18-/m1/s1. The minimum Gasteiger partial charge on any atom is -0.444 e. The van der Waals surface area contributed by atoms with Crippen molar-refractivity contribution in [2.24, 2.45) is 0 Å². The molecule has 0 radical (unpaired) electrons. The number of amides is 1. The molecule has 3 atom stereocenters. The molecule has 2 N–H and O–H groups in total. The molecule has 2 rings (SSSR count). The lowest BCUT2D eigenvalue weighted by Gasteiger charge is -2.46. The average Bonchev–Trinajstić information content (AvgIpc) is 2.52. The van der Waals surface area contributed by atoms with Gasteiger partial charge in [0.05, 0.1) is 5.54 Å². The second-order valence-corrected chi connectivity index (χ2v) is 7.92. The molecule has 1 heterocycles. The zero-order valence-electron chi connectivity index (χ0n) is 15.6. The number of hydrogen-bond donors (Lipinski definition) is 2. The first kappa shape index (κ1) is 20.6. The van der Waals surface area contributed by atoms with Crippen molar-refractivity contribution in [3.63, 3.8) is 0 Å². The van der Waals surface area contributed by atoms with Gasteiger partial charge in [-0.05, 0) is 45.7 Å². The number of rotatable bonds is 3. The first-order chi connectivity index (χ1) is 11.9. The van der Waals surface area contributed by atoms with Gasteiger partial charge in [-0.2, -0.15) is 13.2 Å². The number of alkyl carbamates (subject to hydrolysis) is 1. The fourth-order valence-corrected chi connectivity index (χ4v) is 3.42. The van der Waals surface area contributed by atoms with Crippen molar-refractivity contribution in [1.82, 2.24) is 10.6 Å². The van der Waals surface area contributed by atoms with Crippen LogP contribution in [0, 0.1) is 0 Å². The average molecular weight is 372 g/mol. The third kappa shape index (κ3) is 5.13. The molecule has 1 aliphatic heterocycles. The van der Waals surface area contributed by atoms with Crippen LogP contribution < -0.4 is 10.6 Å². The maximum absolute atomic E-state index is 13.4. The molecule has 0 aromatic heterocycles.